The number of rotatable bonds is 4. The Labute approximate surface area is 134 Å². The lowest BCUT2D eigenvalue weighted by molar-refractivity contribution is -0.128. The number of nitrogens with zero attached hydrogens (tertiary/aromatic N) is 2. The Hall–Kier alpha value is -2.63. The minimum absolute atomic E-state index is 0.00191. The molecule has 2 heterocycles. The largest absolute Gasteiger partial charge is 0.360 e. The molecule has 1 atom stereocenters. The molecule has 1 saturated heterocycles. The second-order valence-electron chi connectivity index (χ2n) is 5.97. The van der Waals surface area contributed by atoms with Gasteiger partial charge in [0.1, 0.15) is 5.76 Å². The average Bonchev–Trinajstić information content (AvgIpc) is 3.08. The molecule has 1 unspecified atom stereocenters. The number of carbonyl (C=O) groups excluding carboxylic acids is 2. The Morgan fingerprint density at radius 3 is 2.74 bits per heavy atom. The van der Waals surface area contributed by atoms with Crippen molar-refractivity contribution in [1.82, 2.24) is 10.1 Å². The lowest BCUT2D eigenvalue weighted by Crippen LogP contribution is -2.28. The molecule has 0 spiro atoms. The van der Waals surface area contributed by atoms with Gasteiger partial charge in [0.15, 0.2) is 5.82 Å². The third-order valence-corrected chi connectivity index (χ3v) is 3.96. The molecule has 1 aliphatic rings. The van der Waals surface area contributed by atoms with Gasteiger partial charge >= 0.3 is 0 Å². The molecule has 120 valence electrons. The Kier molecular flexibility index (Phi) is 4.14. The second-order valence-corrected chi connectivity index (χ2v) is 5.97. The van der Waals surface area contributed by atoms with Crippen LogP contribution in [0.15, 0.2) is 34.9 Å². The fraction of sp³-hybridized carbons (Fsp3) is 0.353. The fourth-order valence-electron chi connectivity index (χ4n) is 2.67. The van der Waals surface area contributed by atoms with Gasteiger partial charge in [0, 0.05) is 25.6 Å². The van der Waals surface area contributed by atoms with E-state index in [-0.39, 0.29) is 24.2 Å². The molecule has 1 aromatic heterocycles. The van der Waals surface area contributed by atoms with Crippen molar-refractivity contribution < 1.29 is 14.1 Å². The highest BCUT2D eigenvalue weighted by Crippen LogP contribution is 2.22. The SMILES string of the molecule is Cc1ccc(CN2CC(C(=O)Nc3cc(C)on3)CC2=O)cc1. The van der Waals surface area contributed by atoms with Crippen molar-refractivity contribution in [3.05, 3.63) is 47.2 Å². The first-order valence-corrected chi connectivity index (χ1v) is 7.59. The Bertz CT molecular complexity index is 721. The molecule has 1 aliphatic heterocycles. The lowest BCUT2D eigenvalue weighted by atomic mass is 10.1. The first-order chi connectivity index (χ1) is 11.0. The molecule has 0 aliphatic carbocycles. The topological polar surface area (TPSA) is 75.4 Å². The van der Waals surface area contributed by atoms with Gasteiger partial charge in [0.2, 0.25) is 11.8 Å². The van der Waals surface area contributed by atoms with Crippen molar-refractivity contribution in [2.24, 2.45) is 5.92 Å². The number of hydrogen-bond acceptors (Lipinski definition) is 4. The molecular weight excluding hydrogens is 294 g/mol. The summed E-state index contributed by atoms with van der Waals surface area (Å²) >= 11 is 0. The highest BCUT2D eigenvalue weighted by molar-refractivity contribution is 5.96. The molecule has 1 aromatic carbocycles. The normalized spacial score (nSPS) is 17.6. The maximum atomic E-state index is 12.2. The van der Waals surface area contributed by atoms with Crippen LogP contribution < -0.4 is 5.32 Å². The molecule has 1 fully saturated rings. The van der Waals surface area contributed by atoms with Gasteiger partial charge in [-0.25, -0.2) is 0 Å². The zero-order chi connectivity index (χ0) is 16.4. The van der Waals surface area contributed by atoms with Crippen LogP contribution in [0.3, 0.4) is 0 Å². The van der Waals surface area contributed by atoms with Gasteiger partial charge in [-0.1, -0.05) is 35.0 Å². The molecule has 0 radical (unpaired) electrons. The third-order valence-electron chi connectivity index (χ3n) is 3.96. The van der Waals surface area contributed by atoms with E-state index in [9.17, 15) is 9.59 Å². The van der Waals surface area contributed by atoms with Crippen LogP contribution in [0.5, 0.6) is 0 Å². The van der Waals surface area contributed by atoms with E-state index >= 15 is 0 Å². The predicted molar refractivity (Wildman–Crippen MR) is 84.6 cm³/mol. The van der Waals surface area contributed by atoms with Crippen LogP contribution in [0.25, 0.3) is 0 Å². The molecule has 23 heavy (non-hydrogen) atoms. The number of anilines is 1. The molecule has 6 heteroatoms. The van der Waals surface area contributed by atoms with E-state index in [1.165, 1.54) is 5.56 Å². The molecular formula is C17H19N3O3. The standard InChI is InChI=1S/C17H19N3O3/c1-11-3-5-13(6-4-11)9-20-10-14(8-16(20)21)17(22)18-15-7-12(2)23-19-15/h3-7,14H,8-10H2,1-2H3,(H,18,19,22). The molecule has 2 aromatic rings. The minimum atomic E-state index is -0.357. The van der Waals surface area contributed by atoms with Gasteiger partial charge in [-0.2, -0.15) is 0 Å². The molecule has 6 nitrogen and oxygen atoms in total. The van der Waals surface area contributed by atoms with E-state index in [0.29, 0.717) is 24.7 Å². The number of likely N-dealkylation sites (tertiary alicyclic amines) is 1. The van der Waals surface area contributed by atoms with Crippen molar-refractivity contribution >= 4 is 17.6 Å². The van der Waals surface area contributed by atoms with Gasteiger partial charge in [-0.05, 0) is 19.4 Å². The number of aromatic nitrogens is 1. The molecule has 3 rings (SSSR count). The van der Waals surface area contributed by atoms with E-state index in [2.05, 4.69) is 10.5 Å². The fourth-order valence-corrected chi connectivity index (χ4v) is 2.67. The Balaban J connectivity index is 1.60. The van der Waals surface area contributed by atoms with Crippen molar-refractivity contribution in [2.75, 3.05) is 11.9 Å². The monoisotopic (exact) mass is 313 g/mol. The summed E-state index contributed by atoms with van der Waals surface area (Å²) in [6, 6.07) is 9.71. The van der Waals surface area contributed by atoms with Gasteiger partial charge in [0.25, 0.3) is 0 Å². The van der Waals surface area contributed by atoms with Crippen LogP contribution in [0.1, 0.15) is 23.3 Å². The van der Waals surface area contributed by atoms with Crippen LogP contribution in [0.2, 0.25) is 0 Å². The van der Waals surface area contributed by atoms with Crippen molar-refractivity contribution in [2.45, 2.75) is 26.8 Å². The predicted octanol–water partition coefficient (Wildman–Crippen LogP) is 2.28. The van der Waals surface area contributed by atoms with Crippen LogP contribution in [0.4, 0.5) is 5.82 Å². The summed E-state index contributed by atoms with van der Waals surface area (Å²) < 4.78 is 4.92. The first kappa shape index (κ1) is 15.3. The summed E-state index contributed by atoms with van der Waals surface area (Å²) in [5.74, 6) is 0.464. The summed E-state index contributed by atoms with van der Waals surface area (Å²) in [6.45, 7) is 4.74. The third kappa shape index (κ3) is 3.59. The van der Waals surface area contributed by atoms with E-state index in [1.54, 1.807) is 17.9 Å². The van der Waals surface area contributed by atoms with Crippen LogP contribution >= 0.6 is 0 Å². The van der Waals surface area contributed by atoms with E-state index in [1.807, 2.05) is 31.2 Å². The van der Waals surface area contributed by atoms with Crippen molar-refractivity contribution in [3.63, 3.8) is 0 Å². The second kappa shape index (κ2) is 6.24. The summed E-state index contributed by atoms with van der Waals surface area (Å²) in [5.41, 5.74) is 2.25. The molecule has 2 amide bonds. The average molecular weight is 313 g/mol. The molecule has 0 saturated carbocycles. The maximum absolute atomic E-state index is 12.2. The van der Waals surface area contributed by atoms with Crippen molar-refractivity contribution in [3.8, 4) is 0 Å². The van der Waals surface area contributed by atoms with Gasteiger partial charge in [0.05, 0.1) is 5.92 Å². The molecule has 1 N–H and O–H groups in total. The van der Waals surface area contributed by atoms with Crippen LogP contribution in [-0.2, 0) is 16.1 Å². The van der Waals surface area contributed by atoms with E-state index in [0.717, 1.165) is 5.56 Å². The van der Waals surface area contributed by atoms with Gasteiger partial charge in [-0.3, -0.25) is 9.59 Å². The highest BCUT2D eigenvalue weighted by atomic mass is 16.5. The number of aryl methyl sites for hydroxylation is 2. The van der Waals surface area contributed by atoms with Crippen molar-refractivity contribution in [1.29, 1.82) is 0 Å². The first-order valence-electron chi connectivity index (χ1n) is 7.59. The Morgan fingerprint density at radius 2 is 2.09 bits per heavy atom. The van der Waals surface area contributed by atoms with E-state index in [4.69, 9.17) is 4.52 Å². The van der Waals surface area contributed by atoms with Crippen LogP contribution in [0, 0.1) is 19.8 Å². The zero-order valence-electron chi connectivity index (χ0n) is 13.2. The quantitative estimate of drug-likeness (QED) is 0.939. The highest BCUT2D eigenvalue weighted by Gasteiger charge is 2.34. The minimum Gasteiger partial charge on any atom is -0.360 e. The van der Waals surface area contributed by atoms with Gasteiger partial charge in [-0.15, -0.1) is 0 Å². The zero-order valence-corrected chi connectivity index (χ0v) is 13.2. The molecule has 0 bridgehead atoms. The van der Waals surface area contributed by atoms with E-state index < -0.39 is 0 Å². The Morgan fingerprint density at radius 1 is 1.35 bits per heavy atom. The number of nitrogens with one attached hydrogen (secondary N) is 1. The summed E-state index contributed by atoms with van der Waals surface area (Å²) in [5, 5.41) is 6.43. The maximum Gasteiger partial charge on any atom is 0.231 e. The summed E-state index contributed by atoms with van der Waals surface area (Å²) in [7, 11) is 0. The summed E-state index contributed by atoms with van der Waals surface area (Å²) in [4.78, 5) is 26.1. The lowest BCUT2D eigenvalue weighted by Gasteiger charge is -2.16. The summed E-state index contributed by atoms with van der Waals surface area (Å²) in [6.07, 6.45) is 0.231. The number of hydrogen-bond donors (Lipinski definition) is 1. The van der Waals surface area contributed by atoms with Gasteiger partial charge < -0.3 is 14.7 Å². The number of benzene rings is 1. The smallest absolute Gasteiger partial charge is 0.231 e. The van der Waals surface area contributed by atoms with Crippen LogP contribution in [-0.4, -0.2) is 28.4 Å². The number of amides is 2. The number of carbonyl (C=O) groups is 2.